The molecule has 0 aliphatic heterocycles. The summed E-state index contributed by atoms with van der Waals surface area (Å²) < 4.78 is 26.6. The molecule has 0 spiro atoms. The van der Waals surface area contributed by atoms with Crippen molar-refractivity contribution in [3.63, 3.8) is 0 Å². The van der Waals surface area contributed by atoms with Crippen LogP contribution in [-0.4, -0.2) is 18.6 Å². The van der Waals surface area contributed by atoms with E-state index < -0.39 is 10.0 Å². The fraction of sp³-hybridized carbons (Fsp3) is 0.100. The molecule has 0 fully saturated rings. The van der Waals surface area contributed by atoms with Gasteiger partial charge in [0.15, 0.2) is 0 Å². The number of benzene rings is 1. The van der Waals surface area contributed by atoms with Gasteiger partial charge in [-0.25, -0.2) is 13.1 Å². The lowest BCUT2D eigenvalue weighted by molar-refractivity contribution is 0.581. The molecule has 2 aromatic rings. The van der Waals surface area contributed by atoms with Crippen LogP contribution in [0.1, 0.15) is 5.56 Å². The second-order valence-corrected chi connectivity index (χ2v) is 6.26. The maximum atomic E-state index is 12.1. The van der Waals surface area contributed by atoms with Gasteiger partial charge in [-0.05, 0) is 12.1 Å². The average Bonchev–Trinajstić information content (AvgIpc) is 2.77. The normalized spacial score (nSPS) is 11.7. The summed E-state index contributed by atoms with van der Waals surface area (Å²) in [4.78, 5) is -0.187. The summed E-state index contributed by atoms with van der Waals surface area (Å²) in [6, 6.07) is 2.67. The molecular formula is C10H10Cl2N4O2S. The van der Waals surface area contributed by atoms with Crippen LogP contribution in [0.3, 0.4) is 0 Å². The van der Waals surface area contributed by atoms with E-state index in [1.165, 1.54) is 18.3 Å². The van der Waals surface area contributed by atoms with Crippen LogP contribution >= 0.6 is 23.2 Å². The molecule has 4 N–H and O–H groups in total. The third kappa shape index (κ3) is 3.19. The molecule has 0 radical (unpaired) electrons. The predicted molar refractivity (Wildman–Crippen MR) is 73.5 cm³/mol. The number of hydrogen-bond acceptors (Lipinski definition) is 4. The Kier molecular flexibility index (Phi) is 4.00. The number of hydrogen-bond donors (Lipinski definition) is 3. The van der Waals surface area contributed by atoms with Crippen LogP contribution < -0.4 is 10.5 Å². The number of H-pyrrole nitrogens is 1. The summed E-state index contributed by atoms with van der Waals surface area (Å²) in [6.45, 7) is 0.0792. The van der Waals surface area contributed by atoms with E-state index in [4.69, 9.17) is 28.9 Å². The van der Waals surface area contributed by atoms with Gasteiger partial charge in [-0.2, -0.15) is 5.10 Å². The van der Waals surface area contributed by atoms with Crippen molar-refractivity contribution in [1.82, 2.24) is 14.9 Å². The monoisotopic (exact) mass is 320 g/mol. The second-order valence-electron chi connectivity index (χ2n) is 3.74. The van der Waals surface area contributed by atoms with Crippen molar-refractivity contribution < 1.29 is 8.42 Å². The summed E-state index contributed by atoms with van der Waals surface area (Å²) in [6.07, 6.45) is 3.09. The van der Waals surface area contributed by atoms with E-state index in [1.54, 1.807) is 6.20 Å². The molecule has 19 heavy (non-hydrogen) atoms. The summed E-state index contributed by atoms with van der Waals surface area (Å²) >= 11 is 11.8. The van der Waals surface area contributed by atoms with Gasteiger partial charge < -0.3 is 5.73 Å². The van der Waals surface area contributed by atoms with E-state index in [-0.39, 0.29) is 21.5 Å². The van der Waals surface area contributed by atoms with Gasteiger partial charge in [-0.15, -0.1) is 0 Å². The molecule has 9 heteroatoms. The first-order chi connectivity index (χ1) is 8.90. The van der Waals surface area contributed by atoms with E-state index in [0.717, 1.165) is 0 Å². The molecule has 1 heterocycles. The Hall–Kier alpha value is -1.28. The zero-order valence-corrected chi connectivity index (χ0v) is 11.9. The van der Waals surface area contributed by atoms with Crippen molar-refractivity contribution in [2.45, 2.75) is 11.4 Å². The van der Waals surface area contributed by atoms with Gasteiger partial charge in [-0.3, -0.25) is 5.10 Å². The van der Waals surface area contributed by atoms with Gasteiger partial charge in [0, 0.05) is 24.0 Å². The van der Waals surface area contributed by atoms with Crippen molar-refractivity contribution in [3.8, 4) is 0 Å². The molecule has 0 bridgehead atoms. The third-order valence-corrected chi connectivity index (χ3v) is 4.63. The number of halogens is 2. The molecule has 0 aliphatic rings. The van der Waals surface area contributed by atoms with Crippen LogP contribution in [0.2, 0.25) is 10.0 Å². The first kappa shape index (κ1) is 14.1. The minimum Gasteiger partial charge on any atom is -0.399 e. The molecule has 0 atom stereocenters. The minimum absolute atomic E-state index is 0.0234. The van der Waals surface area contributed by atoms with Crippen LogP contribution in [0.4, 0.5) is 5.69 Å². The van der Waals surface area contributed by atoms with E-state index in [1.807, 2.05) is 0 Å². The smallest absolute Gasteiger partial charge is 0.243 e. The fourth-order valence-corrected chi connectivity index (χ4v) is 3.71. The summed E-state index contributed by atoms with van der Waals surface area (Å²) in [5.41, 5.74) is 6.51. The predicted octanol–water partition coefficient (Wildman–Crippen LogP) is 1.78. The SMILES string of the molecule is Nc1cc(Cl)c(S(=O)(=O)NCc2cn[nH]c2)c(Cl)c1. The molecule has 2 rings (SSSR count). The van der Waals surface area contributed by atoms with Crippen LogP contribution in [-0.2, 0) is 16.6 Å². The summed E-state index contributed by atoms with van der Waals surface area (Å²) in [5, 5.41) is 6.25. The highest BCUT2D eigenvalue weighted by molar-refractivity contribution is 7.89. The topological polar surface area (TPSA) is 101 Å². The Labute approximate surface area is 120 Å². The van der Waals surface area contributed by atoms with Gasteiger partial charge in [0.2, 0.25) is 10.0 Å². The molecule has 0 saturated carbocycles. The lowest BCUT2D eigenvalue weighted by Gasteiger charge is -2.10. The second kappa shape index (κ2) is 5.38. The van der Waals surface area contributed by atoms with Gasteiger partial charge in [0.05, 0.1) is 16.2 Å². The highest BCUT2D eigenvalue weighted by Crippen LogP contribution is 2.31. The van der Waals surface area contributed by atoms with E-state index in [2.05, 4.69) is 14.9 Å². The zero-order valence-electron chi connectivity index (χ0n) is 9.52. The largest absolute Gasteiger partial charge is 0.399 e. The molecule has 1 aromatic carbocycles. The number of nitrogens with zero attached hydrogens (tertiary/aromatic N) is 1. The number of anilines is 1. The number of aromatic nitrogens is 2. The number of nitrogens with one attached hydrogen (secondary N) is 2. The molecular weight excluding hydrogens is 311 g/mol. The van der Waals surface area contributed by atoms with Crippen molar-refractivity contribution in [2.75, 3.05) is 5.73 Å². The van der Waals surface area contributed by atoms with Crippen molar-refractivity contribution in [1.29, 1.82) is 0 Å². The molecule has 6 nitrogen and oxygen atoms in total. The standard InChI is InChI=1S/C10H10Cl2N4O2S/c11-8-1-7(13)2-9(12)10(8)19(17,18)16-5-6-3-14-15-4-6/h1-4,16H,5,13H2,(H,14,15). The minimum atomic E-state index is -3.83. The maximum absolute atomic E-state index is 12.1. The van der Waals surface area contributed by atoms with Gasteiger partial charge in [0.1, 0.15) is 4.90 Å². The third-order valence-electron chi connectivity index (χ3n) is 2.31. The summed E-state index contributed by atoms with van der Waals surface area (Å²) in [7, 11) is -3.83. The molecule has 0 unspecified atom stereocenters. The van der Waals surface area contributed by atoms with Crippen molar-refractivity contribution >= 4 is 38.9 Å². The highest BCUT2D eigenvalue weighted by atomic mass is 35.5. The number of rotatable bonds is 4. The quantitative estimate of drug-likeness (QED) is 0.747. The summed E-state index contributed by atoms with van der Waals surface area (Å²) in [5.74, 6) is 0. The number of nitrogens with two attached hydrogens (primary N) is 1. The molecule has 0 amide bonds. The van der Waals surface area contributed by atoms with Crippen LogP contribution in [0.25, 0.3) is 0 Å². The molecule has 102 valence electrons. The van der Waals surface area contributed by atoms with E-state index in [0.29, 0.717) is 11.3 Å². The van der Waals surface area contributed by atoms with Crippen LogP contribution in [0, 0.1) is 0 Å². The lowest BCUT2D eigenvalue weighted by Crippen LogP contribution is -2.23. The van der Waals surface area contributed by atoms with Gasteiger partial charge >= 0.3 is 0 Å². The first-order valence-corrected chi connectivity index (χ1v) is 7.36. The van der Waals surface area contributed by atoms with E-state index in [9.17, 15) is 8.42 Å². The highest BCUT2D eigenvalue weighted by Gasteiger charge is 2.22. The average molecular weight is 321 g/mol. The molecule has 0 aliphatic carbocycles. The lowest BCUT2D eigenvalue weighted by atomic mass is 10.3. The van der Waals surface area contributed by atoms with Crippen molar-refractivity contribution in [3.05, 3.63) is 40.1 Å². The zero-order chi connectivity index (χ0) is 14.0. The van der Waals surface area contributed by atoms with Gasteiger partial charge in [0.25, 0.3) is 0 Å². The number of aromatic amines is 1. The Morgan fingerprint density at radius 2 is 1.95 bits per heavy atom. The van der Waals surface area contributed by atoms with Gasteiger partial charge in [-0.1, -0.05) is 23.2 Å². The Morgan fingerprint density at radius 1 is 1.32 bits per heavy atom. The Balaban J connectivity index is 2.29. The fourth-order valence-electron chi connectivity index (χ4n) is 1.46. The first-order valence-electron chi connectivity index (χ1n) is 5.12. The van der Waals surface area contributed by atoms with Crippen LogP contribution in [0.5, 0.6) is 0 Å². The molecule has 1 aromatic heterocycles. The maximum Gasteiger partial charge on any atom is 0.243 e. The number of sulfonamides is 1. The Morgan fingerprint density at radius 3 is 2.47 bits per heavy atom. The Bertz CT molecular complexity index is 663. The van der Waals surface area contributed by atoms with Crippen LogP contribution in [0.15, 0.2) is 29.4 Å². The van der Waals surface area contributed by atoms with Crippen molar-refractivity contribution in [2.24, 2.45) is 0 Å². The van der Waals surface area contributed by atoms with E-state index >= 15 is 0 Å². The molecule has 0 saturated heterocycles. The number of nitrogen functional groups attached to an aromatic ring is 1.